The molecule has 2 aromatic carbocycles. The van der Waals surface area contributed by atoms with E-state index >= 15 is 0 Å². The quantitative estimate of drug-likeness (QED) is 0.511. The van der Waals surface area contributed by atoms with Crippen molar-refractivity contribution in [3.05, 3.63) is 64.0 Å². The summed E-state index contributed by atoms with van der Waals surface area (Å²) < 4.78 is 29.7. The Balaban J connectivity index is 1.46. The Bertz CT molecular complexity index is 1300. The molecule has 7 nitrogen and oxygen atoms in total. The van der Waals surface area contributed by atoms with Gasteiger partial charge in [0.1, 0.15) is 0 Å². The summed E-state index contributed by atoms with van der Waals surface area (Å²) in [5.41, 5.74) is 3.67. The first kappa shape index (κ1) is 22.2. The Labute approximate surface area is 190 Å². The van der Waals surface area contributed by atoms with E-state index in [1.165, 1.54) is 19.1 Å². The molecule has 0 atom stereocenters. The number of fused-ring (bicyclic) bond motifs is 1. The summed E-state index contributed by atoms with van der Waals surface area (Å²) in [5.74, 6) is -1.33. The molecule has 0 N–H and O–H groups in total. The van der Waals surface area contributed by atoms with Crippen molar-refractivity contribution in [3.8, 4) is 11.3 Å². The maximum Gasteiger partial charge on any atom is 0.339 e. The van der Waals surface area contributed by atoms with Crippen LogP contribution in [0.5, 0.6) is 0 Å². The minimum atomic E-state index is -3.59. The fourth-order valence-corrected chi connectivity index (χ4v) is 5.37. The molecular formula is C23H22N2O5S2. The molecule has 0 saturated heterocycles. The fraction of sp³-hybridized carbons (Fsp3) is 0.261. The maximum absolute atomic E-state index is 12.8. The van der Waals surface area contributed by atoms with Crippen molar-refractivity contribution >= 4 is 38.7 Å². The average Bonchev–Trinajstić information content (AvgIpc) is 3.43. The normalized spacial score (nSPS) is 13.1. The molecule has 0 aliphatic carbocycles. The number of nitrogens with zero attached hydrogens (tertiary/aromatic N) is 2. The molecule has 0 fully saturated rings. The number of aryl methyl sites for hydroxylation is 1. The molecule has 9 heteroatoms. The number of anilines is 1. The highest BCUT2D eigenvalue weighted by Crippen LogP contribution is 2.33. The Kier molecular flexibility index (Phi) is 6.12. The first-order valence-electron chi connectivity index (χ1n) is 10.1. The summed E-state index contributed by atoms with van der Waals surface area (Å²) in [6, 6.07) is 11.7. The first-order chi connectivity index (χ1) is 15.3. The van der Waals surface area contributed by atoms with Gasteiger partial charge in [-0.15, -0.1) is 11.3 Å². The Morgan fingerprint density at radius 2 is 1.97 bits per heavy atom. The van der Waals surface area contributed by atoms with Crippen LogP contribution < -0.4 is 4.90 Å². The molecule has 0 saturated carbocycles. The number of carbonyl (C=O) groups is 2. The lowest BCUT2D eigenvalue weighted by Crippen LogP contribution is -2.33. The average molecular weight is 471 g/mol. The van der Waals surface area contributed by atoms with E-state index in [1.807, 2.05) is 30.5 Å². The van der Waals surface area contributed by atoms with Crippen molar-refractivity contribution in [2.45, 2.75) is 25.2 Å². The van der Waals surface area contributed by atoms with Crippen LogP contribution in [-0.2, 0) is 25.8 Å². The van der Waals surface area contributed by atoms with Gasteiger partial charge in [-0.3, -0.25) is 4.79 Å². The summed E-state index contributed by atoms with van der Waals surface area (Å²) in [6.07, 6.45) is 0.698. The third-order valence-electron chi connectivity index (χ3n) is 5.34. The van der Waals surface area contributed by atoms with E-state index in [0.29, 0.717) is 13.0 Å². The van der Waals surface area contributed by atoms with Crippen molar-refractivity contribution in [2.24, 2.45) is 0 Å². The molecule has 166 valence electrons. The zero-order chi connectivity index (χ0) is 22.9. The van der Waals surface area contributed by atoms with Crippen LogP contribution in [0.2, 0.25) is 0 Å². The molecule has 1 aromatic heterocycles. The lowest BCUT2D eigenvalue weighted by Gasteiger charge is -2.18. The predicted octanol–water partition coefficient (Wildman–Crippen LogP) is 3.66. The maximum atomic E-state index is 12.8. The lowest BCUT2D eigenvalue weighted by atomic mass is 10.1. The topological polar surface area (TPSA) is 93.6 Å². The number of hydrogen-bond acceptors (Lipinski definition) is 7. The monoisotopic (exact) mass is 470 g/mol. The van der Waals surface area contributed by atoms with Gasteiger partial charge in [-0.05, 0) is 43.2 Å². The van der Waals surface area contributed by atoms with Gasteiger partial charge in [-0.25, -0.2) is 18.2 Å². The van der Waals surface area contributed by atoms with Gasteiger partial charge in [0, 0.05) is 23.2 Å². The van der Waals surface area contributed by atoms with E-state index in [1.54, 1.807) is 28.4 Å². The Hall–Kier alpha value is -3.04. The lowest BCUT2D eigenvalue weighted by molar-refractivity contribution is -0.121. The summed E-state index contributed by atoms with van der Waals surface area (Å²) in [6.45, 7) is 3.49. The molecule has 1 aliphatic rings. The third kappa shape index (κ3) is 4.31. The van der Waals surface area contributed by atoms with Gasteiger partial charge in [0.2, 0.25) is 0 Å². The van der Waals surface area contributed by atoms with E-state index in [-0.39, 0.29) is 22.1 Å². The molecule has 4 rings (SSSR count). The minimum Gasteiger partial charge on any atom is -0.452 e. The number of carbonyl (C=O) groups excluding carboxylic acids is 2. The first-order valence-corrected chi connectivity index (χ1v) is 12.7. The number of benzene rings is 2. The summed E-state index contributed by atoms with van der Waals surface area (Å²) in [7, 11) is -3.59. The van der Waals surface area contributed by atoms with E-state index in [0.717, 1.165) is 27.5 Å². The van der Waals surface area contributed by atoms with Crippen molar-refractivity contribution in [2.75, 3.05) is 23.8 Å². The van der Waals surface area contributed by atoms with E-state index in [2.05, 4.69) is 4.98 Å². The van der Waals surface area contributed by atoms with Crippen molar-refractivity contribution in [1.82, 2.24) is 4.98 Å². The van der Waals surface area contributed by atoms with Crippen molar-refractivity contribution in [1.29, 1.82) is 0 Å². The molecular weight excluding hydrogens is 448 g/mol. The number of ether oxygens (including phenoxy) is 1. The highest BCUT2D eigenvalue weighted by molar-refractivity contribution is 7.91. The Morgan fingerprint density at radius 3 is 2.69 bits per heavy atom. The molecule has 0 spiro atoms. The van der Waals surface area contributed by atoms with Gasteiger partial charge < -0.3 is 9.64 Å². The number of hydrogen-bond donors (Lipinski definition) is 0. The van der Waals surface area contributed by atoms with Gasteiger partial charge in [-0.1, -0.05) is 25.1 Å². The number of thiazole rings is 1. The van der Waals surface area contributed by atoms with Gasteiger partial charge in [0.15, 0.2) is 16.4 Å². The number of aromatic nitrogens is 1. The van der Waals surface area contributed by atoms with Crippen molar-refractivity contribution in [3.63, 3.8) is 0 Å². The highest BCUT2D eigenvalue weighted by Gasteiger charge is 2.27. The number of esters is 1. The number of rotatable bonds is 6. The second-order valence-electron chi connectivity index (χ2n) is 7.37. The summed E-state index contributed by atoms with van der Waals surface area (Å²) in [5, 5.41) is 3.00. The zero-order valence-electron chi connectivity index (χ0n) is 17.7. The Morgan fingerprint density at radius 1 is 1.19 bits per heavy atom. The fourth-order valence-electron chi connectivity index (χ4n) is 3.66. The minimum absolute atomic E-state index is 0.0628. The molecule has 1 amide bonds. The van der Waals surface area contributed by atoms with E-state index in [4.69, 9.17) is 4.74 Å². The summed E-state index contributed by atoms with van der Waals surface area (Å²) >= 11 is 1.59. The van der Waals surface area contributed by atoms with Crippen LogP contribution in [0.1, 0.15) is 27.9 Å². The smallest absolute Gasteiger partial charge is 0.339 e. The van der Waals surface area contributed by atoms with Crippen molar-refractivity contribution < 1.29 is 22.7 Å². The van der Waals surface area contributed by atoms with E-state index < -0.39 is 22.4 Å². The second-order valence-corrected chi connectivity index (χ2v) is 10.7. The van der Waals surface area contributed by atoms with Gasteiger partial charge >= 0.3 is 5.97 Å². The molecule has 0 bridgehead atoms. The summed E-state index contributed by atoms with van der Waals surface area (Å²) in [4.78, 5) is 31.3. The zero-order valence-corrected chi connectivity index (χ0v) is 19.3. The van der Waals surface area contributed by atoms with Crippen LogP contribution in [0.15, 0.2) is 52.7 Å². The molecule has 1 aliphatic heterocycles. The van der Waals surface area contributed by atoms with Crippen LogP contribution in [0.3, 0.4) is 0 Å². The molecule has 32 heavy (non-hydrogen) atoms. The van der Waals surface area contributed by atoms with Crippen LogP contribution in [-0.4, -0.2) is 44.2 Å². The van der Waals surface area contributed by atoms with E-state index in [9.17, 15) is 18.0 Å². The molecule has 0 radical (unpaired) electrons. The van der Waals surface area contributed by atoms with Crippen LogP contribution in [0, 0.1) is 6.92 Å². The van der Waals surface area contributed by atoms with Crippen LogP contribution >= 0.6 is 11.3 Å². The highest BCUT2D eigenvalue weighted by atomic mass is 32.2. The third-order valence-corrected chi connectivity index (χ3v) is 7.90. The van der Waals surface area contributed by atoms with Gasteiger partial charge in [0.05, 0.1) is 26.9 Å². The van der Waals surface area contributed by atoms with Gasteiger partial charge in [0.25, 0.3) is 5.91 Å². The molecule has 0 unspecified atom stereocenters. The van der Waals surface area contributed by atoms with Crippen LogP contribution in [0.25, 0.3) is 11.3 Å². The van der Waals surface area contributed by atoms with Gasteiger partial charge in [-0.2, -0.15) is 0 Å². The molecule has 3 aromatic rings. The second kappa shape index (κ2) is 8.84. The number of sulfone groups is 1. The SMILES string of the molecule is CCS(=O)(=O)c1ccccc1C(=O)OCC(=O)N1CCc2cc(-c3csc(C)n3)ccc21. The predicted molar refractivity (Wildman–Crippen MR) is 123 cm³/mol. The standard InChI is InChI=1S/C23H22N2O5S2/c1-3-32(28,29)21-7-5-4-6-18(21)23(27)30-13-22(26)25-11-10-17-12-16(8-9-20(17)25)19-14-31-15(2)24-19/h4-9,12,14H,3,10-11,13H2,1-2H3. The molecule has 2 heterocycles. The largest absolute Gasteiger partial charge is 0.452 e. The number of amides is 1. The van der Waals surface area contributed by atoms with Crippen LogP contribution in [0.4, 0.5) is 5.69 Å².